The van der Waals surface area contributed by atoms with E-state index in [2.05, 4.69) is 69.6 Å². The van der Waals surface area contributed by atoms with Crippen molar-refractivity contribution in [1.29, 1.82) is 0 Å². The van der Waals surface area contributed by atoms with E-state index in [4.69, 9.17) is 4.98 Å². The summed E-state index contributed by atoms with van der Waals surface area (Å²) in [7, 11) is 2.17. The molecule has 2 aliphatic rings. The Balaban J connectivity index is 1.24. The van der Waals surface area contributed by atoms with Gasteiger partial charge in [-0.1, -0.05) is 24.3 Å². The van der Waals surface area contributed by atoms with Gasteiger partial charge in [0.1, 0.15) is 5.78 Å². The number of ketones is 1. The molecule has 176 valence electrons. The summed E-state index contributed by atoms with van der Waals surface area (Å²) in [5.41, 5.74) is 6.57. The number of piperazine rings is 1. The van der Waals surface area contributed by atoms with Crippen LogP contribution in [0.4, 0.5) is 17.3 Å². The predicted octanol–water partition coefficient (Wildman–Crippen LogP) is 4.39. The molecule has 5 rings (SSSR count). The first kappa shape index (κ1) is 22.5. The maximum atomic E-state index is 12.2. The topological polar surface area (TPSA) is 61.4 Å². The Morgan fingerprint density at radius 3 is 2.50 bits per heavy atom. The molecule has 1 saturated carbocycles. The molecule has 1 aliphatic carbocycles. The van der Waals surface area contributed by atoms with Gasteiger partial charge in [0.15, 0.2) is 0 Å². The number of aromatic nitrogens is 2. The lowest BCUT2D eigenvalue weighted by Crippen LogP contribution is -2.44. The van der Waals surface area contributed by atoms with Crippen molar-refractivity contribution in [2.24, 2.45) is 5.92 Å². The quantitative estimate of drug-likeness (QED) is 0.544. The average molecular weight is 456 g/mol. The fraction of sp³-hybridized carbons (Fsp3) is 0.393. The Hall–Kier alpha value is -3.25. The average Bonchev–Trinajstić information content (AvgIpc) is 3.68. The molecule has 6 nitrogen and oxygen atoms in total. The summed E-state index contributed by atoms with van der Waals surface area (Å²) in [6.07, 6.45) is 5.26. The van der Waals surface area contributed by atoms with Gasteiger partial charge in [0.25, 0.3) is 0 Å². The van der Waals surface area contributed by atoms with Crippen LogP contribution in [0.2, 0.25) is 0 Å². The second-order valence-corrected chi connectivity index (χ2v) is 9.70. The van der Waals surface area contributed by atoms with E-state index >= 15 is 0 Å². The van der Waals surface area contributed by atoms with Crippen LogP contribution in [0.25, 0.3) is 0 Å². The standard InChI is InChI=1S/C28H33N5O/c1-20-19-29-28(30-24-8-10-25(11-9-24)33-14-12-32(2)13-15-33)31-26(20)17-21-4-3-5-22(16-21)18-27(34)23-6-7-23/h3-5,8-11,16,19,23H,6-7,12-15,17-18H2,1-2H3,(H,29,30,31). The summed E-state index contributed by atoms with van der Waals surface area (Å²) < 4.78 is 0. The molecule has 2 aromatic carbocycles. The van der Waals surface area contributed by atoms with E-state index in [9.17, 15) is 4.79 Å². The molecule has 0 unspecified atom stereocenters. The highest BCUT2D eigenvalue weighted by Gasteiger charge is 2.29. The van der Waals surface area contributed by atoms with Gasteiger partial charge >= 0.3 is 0 Å². The molecule has 1 N–H and O–H groups in total. The van der Waals surface area contributed by atoms with Gasteiger partial charge < -0.3 is 15.1 Å². The molecule has 1 aliphatic heterocycles. The van der Waals surface area contributed by atoms with Crippen molar-refractivity contribution >= 4 is 23.1 Å². The van der Waals surface area contributed by atoms with E-state index in [0.29, 0.717) is 24.1 Å². The van der Waals surface area contributed by atoms with Gasteiger partial charge in [-0.05, 0) is 67.8 Å². The molecule has 0 amide bonds. The number of hydrogen-bond donors (Lipinski definition) is 1. The zero-order chi connectivity index (χ0) is 23.5. The van der Waals surface area contributed by atoms with Crippen LogP contribution in [-0.2, 0) is 17.6 Å². The fourth-order valence-corrected chi connectivity index (χ4v) is 4.46. The summed E-state index contributed by atoms with van der Waals surface area (Å²) in [6.45, 7) is 6.36. The van der Waals surface area contributed by atoms with E-state index in [1.165, 1.54) is 11.3 Å². The van der Waals surface area contributed by atoms with Crippen LogP contribution in [0.15, 0.2) is 54.7 Å². The first-order valence-electron chi connectivity index (χ1n) is 12.3. The molecule has 2 fully saturated rings. The van der Waals surface area contributed by atoms with Crippen LogP contribution in [0, 0.1) is 12.8 Å². The van der Waals surface area contributed by atoms with Crippen LogP contribution < -0.4 is 10.2 Å². The lowest BCUT2D eigenvalue weighted by molar-refractivity contribution is -0.119. The van der Waals surface area contributed by atoms with Crippen LogP contribution in [0.1, 0.15) is 35.2 Å². The monoisotopic (exact) mass is 455 g/mol. The molecule has 3 aromatic rings. The number of carbonyl (C=O) groups excluding carboxylic acids is 1. The fourth-order valence-electron chi connectivity index (χ4n) is 4.46. The number of likely N-dealkylation sites (N-methyl/N-ethyl adjacent to an activating group) is 1. The minimum Gasteiger partial charge on any atom is -0.369 e. The molecular weight excluding hydrogens is 422 g/mol. The summed E-state index contributed by atoms with van der Waals surface area (Å²) in [4.78, 5) is 26.3. The second kappa shape index (κ2) is 9.94. The van der Waals surface area contributed by atoms with Crippen LogP contribution in [0.5, 0.6) is 0 Å². The molecule has 0 radical (unpaired) electrons. The summed E-state index contributed by atoms with van der Waals surface area (Å²) in [6, 6.07) is 16.9. The number of nitrogens with one attached hydrogen (secondary N) is 1. The molecule has 34 heavy (non-hydrogen) atoms. The Morgan fingerprint density at radius 2 is 1.76 bits per heavy atom. The highest BCUT2D eigenvalue weighted by Crippen LogP contribution is 2.31. The zero-order valence-electron chi connectivity index (χ0n) is 20.1. The van der Waals surface area contributed by atoms with Crippen molar-refractivity contribution in [3.05, 3.63) is 77.1 Å². The van der Waals surface area contributed by atoms with E-state index in [1.807, 2.05) is 19.2 Å². The highest BCUT2D eigenvalue weighted by molar-refractivity contribution is 5.85. The van der Waals surface area contributed by atoms with Gasteiger partial charge in [-0.3, -0.25) is 4.79 Å². The second-order valence-electron chi connectivity index (χ2n) is 9.70. The Kier molecular flexibility index (Phi) is 6.59. The number of nitrogens with zero attached hydrogens (tertiary/aromatic N) is 4. The van der Waals surface area contributed by atoms with Crippen LogP contribution in [0.3, 0.4) is 0 Å². The molecule has 1 saturated heterocycles. The molecule has 0 atom stereocenters. The predicted molar refractivity (Wildman–Crippen MR) is 137 cm³/mol. The van der Waals surface area contributed by atoms with Gasteiger partial charge in [-0.2, -0.15) is 0 Å². The number of aryl methyl sites for hydroxylation is 1. The number of anilines is 3. The molecule has 0 spiro atoms. The molecule has 6 heteroatoms. The number of Topliss-reactive ketones (excluding diaryl/α,β-unsaturated/α-hetero) is 1. The SMILES string of the molecule is Cc1cnc(Nc2ccc(N3CCN(C)CC3)cc2)nc1Cc1cccc(CC(=O)C2CC2)c1. The number of carbonyl (C=O) groups is 1. The number of rotatable bonds is 8. The largest absolute Gasteiger partial charge is 0.369 e. The smallest absolute Gasteiger partial charge is 0.227 e. The maximum Gasteiger partial charge on any atom is 0.227 e. The normalized spacial score (nSPS) is 16.5. The van der Waals surface area contributed by atoms with Gasteiger partial charge in [0.2, 0.25) is 5.95 Å². The third kappa shape index (κ3) is 5.62. The third-order valence-electron chi connectivity index (χ3n) is 6.84. The van der Waals surface area contributed by atoms with Crippen molar-refractivity contribution in [2.75, 3.05) is 43.4 Å². The van der Waals surface area contributed by atoms with Crippen LogP contribution in [-0.4, -0.2) is 53.9 Å². The van der Waals surface area contributed by atoms with Gasteiger partial charge in [-0.25, -0.2) is 9.97 Å². The zero-order valence-corrected chi connectivity index (χ0v) is 20.1. The van der Waals surface area contributed by atoms with E-state index in [1.54, 1.807) is 0 Å². The van der Waals surface area contributed by atoms with Crippen molar-refractivity contribution < 1.29 is 4.79 Å². The maximum absolute atomic E-state index is 12.2. The van der Waals surface area contributed by atoms with Gasteiger partial charge in [0, 0.05) is 62.5 Å². The molecule has 2 heterocycles. The summed E-state index contributed by atoms with van der Waals surface area (Å²) >= 11 is 0. The van der Waals surface area contributed by atoms with Crippen molar-refractivity contribution in [1.82, 2.24) is 14.9 Å². The van der Waals surface area contributed by atoms with E-state index in [0.717, 1.165) is 67.9 Å². The Labute approximate surface area is 202 Å². The lowest BCUT2D eigenvalue weighted by atomic mass is 10.0. The van der Waals surface area contributed by atoms with Gasteiger partial charge in [0.05, 0.1) is 5.69 Å². The van der Waals surface area contributed by atoms with Crippen LogP contribution >= 0.6 is 0 Å². The van der Waals surface area contributed by atoms with E-state index < -0.39 is 0 Å². The number of hydrogen-bond acceptors (Lipinski definition) is 6. The Bertz CT molecular complexity index is 1150. The van der Waals surface area contributed by atoms with Crippen molar-refractivity contribution in [3.8, 4) is 0 Å². The minimum absolute atomic E-state index is 0.303. The van der Waals surface area contributed by atoms with Crippen molar-refractivity contribution in [3.63, 3.8) is 0 Å². The molecule has 1 aromatic heterocycles. The summed E-state index contributed by atoms with van der Waals surface area (Å²) in [5.74, 6) is 1.28. The molecule has 0 bridgehead atoms. The Morgan fingerprint density at radius 1 is 1.03 bits per heavy atom. The first-order valence-corrected chi connectivity index (χ1v) is 12.3. The summed E-state index contributed by atoms with van der Waals surface area (Å²) in [5, 5.41) is 3.36. The third-order valence-corrected chi connectivity index (χ3v) is 6.84. The lowest BCUT2D eigenvalue weighted by Gasteiger charge is -2.34. The van der Waals surface area contributed by atoms with Crippen molar-refractivity contribution in [2.45, 2.75) is 32.6 Å². The number of benzene rings is 2. The highest BCUT2D eigenvalue weighted by atomic mass is 16.1. The van der Waals surface area contributed by atoms with E-state index in [-0.39, 0.29) is 0 Å². The van der Waals surface area contributed by atoms with Gasteiger partial charge in [-0.15, -0.1) is 0 Å². The minimum atomic E-state index is 0.303. The first-order chi connectivity index (χ1) is 16.5. The molecular formula is C28H33N5O.